The molecule has 0 aliphatic carbocycles. The van der Waals surface area contributed by atoms with Gasteiger partial charge in [-0.25, -0.2) is 0 Å². The molecule has 0 amide bonds. The van der Waals surface area contributed by atoms with E-state index in [1.54, 1.807) is 0 Å². The van der Waals surface area contributed by atoms with Gasteiger partial charge in [-0.15, -0.1) is 0 Å². The highest BCUT2D eigenvalue weighted by Gasteiger charge is 2.45. The van der Waals surface area contributed by atoms with Crippen molar-refractivity contribution in [3.63, 3.8) is 0 Å². The lowest BCUT2D eigenvalue weighted by atomic mass is 9.97. The molecule has 0 unspecified atom stereocenters. The van der Waals surface area contributed by atoms with Crippen LogP contribution >= 0.6 is 0 Å². The first-order chi connectivity index (χ1) is 5.70. The van der Waals surface area contributed by atoms with Crippen molar-refractivity contribution in [3.8, 4) is 0 Å². The molecule has 0 radical (unpaired) electrons. The number of aliphatic hydroxyl groups excluding tert-OH is 3. The molecule has 12 heavy (non-hydrogen) atoms. The van der Waals surface area contributed by atoms with E-state index in [0.29, 0.717) is 6.54 Å². The van der Waals surface area contributed by atoms with Crippen LogP contribution in [0.1, 0.15) is 12.8 Å². The fourth-order valence-electron chi connectivity index (χ4n) is 2.30. The number of fused-ring (bicyclic) bond motifs is 1. The average Bonchev–Trinajstić information content (AvgIpc) is 2.29. The molecule has 4 nitrogen and oxygen atoms in total. The number of hydrogen-bond acceptors (Lipinski definition) is 4. The molecular weight excluding hydrogens is 158 g/mol. The maximum atomic E-state index is 9.55. The average molecular weight is 173 g/mol. The summed E-state index contributed by atoms with van der Waals surface area (Å²) in [6.07, 6.45) is -0.212. The Bertz CT molecular complexity index is 176. The van der Waals surface area contributed by atoms with E-state index in [4.69, 9.17) is 0 Å². The van der Waals surface area contributed by atoms with Gasteiger partial charge in [0.15, 0.2) is 0 Å². The van der Waals surface area contributed by atoms with Crippen molar-refractivity contribution < 1.29 is 15.3 Å². The summed E-state index contributed by atoms with van der Waals surface area (Å²) in [5.41, 5.74) is 0. The molecule has 70 valence electrons. The number of rotatable bonds is 0. The van der Waals surface area contributed by atoms with Crippen molar-refractivity contribution in [2.75, 3.05) is 13.1 Å². The van der Waals surface area contributed by atoms with Gasteiger partial charge < -0.3 is 15.3 Å². The smallest absolute Gasteiger partial charge is 0.0991 e. The van der Waals surface area contributed by atoms with Crippen molar-refractivity contribution in [2.45, 2.75) is 37.2 Å². The summed E-state index contributed by atoms with van der Waals surface area (Å²) in [6.45, 7) is 1.39. The number of aliphatic hydroxyl groups is 3. The Morgan fingerprint density at radius 2 is 1.83 bits per heavy atom. The Balaban J connectivity index is 2.12. The molecule has 2 heterocycles. The molecule has 2 aliphatic rings. The van der Waals surface area contributed by atoms with Crippen molar-refractivity contribution in [1.82, 2.24) is 4.90 Å². The van der Waals surface area contributed by atoms with Crippen LogP contribution in [-0.2, 0) is 0 Å². The van der Waals surface area contributed by atoms with Crippen molar-refractivity contribution >= 4 is 0 Å². The van der Waals surface area contributed by atoms with Crippen LogP contribution in [0.5, 0.6) is 0 Å². The van der Waals surface area contributed by atoms with E-state index >= 15 is 0 Å². The molecule has 2 rings (SSSR count). The minimum atomic E-state index is -0.764. The highest BCUT2D eigenvalue weighted by molar-refractivity contribution is 4.99. The molecular formula is C8H15NO3. The second kappa shape index (κ2) is 2.96. The summed E-state index contributed by atoms with van der Waals surface area (Å²) in [6, 6.07) is -0.228. The van der Waals surface area contributed by atoms with E-state index < -0.39 is 18.3 Å². The molecule has 3 N–H and O–H groups in total. The minimum Gasteiger partial charge on any atom is -0.391 e. The van der Waals surface area contributed by atoms with Crippen LogP contribution in [0.4, 0.5) is 0 Å². The van der Waals surface area contributed by atoms with Crippen LogP contribution in [0.25, 0.3) is 0 Å². The van der Waals surface area contributed by atoms with Crippen LogP contribution < -0.4 is 0 Å². The fourth-order valence-corrected chi connectivity index (χ4v) is 2.30. The molecule has 0 aromatic carbocycles. The molecule has 4 heteroatoms. The summed E-state index contributed by atoms with van der Waals surface area (Å²) < 4.78 is 0. The Kier molecular flexibility index (Phi) is 2.08. The second-order valence-corrected chi connectivity index (χ2v) is 3.75. The lowest BCUT2D eigenvalue weighted by molar-refractivity contribution is -0.0282. The molecule has 0 saturated carbocycles. The minimum absolute atomic E-state index is 0.228. The van der Waals surface area contributed by atoms with E-state index in [9.17, 15) is 15.3 Å². The Morgan fingerprint density at radius 1 is 1.08 bits per heavy atom. The highest BCUT2D eigenvalue weighted by atomic mass is 16.3. The third-order valence-corrected chi connectivity index (χ3v) is 2.93. The van der Waals surface area contributed by atoms with Gasteiger partial charge in [-0.05, 0) is 19.4 Å². The number of nitrogens with zero attached hydrogens (tertiary/aromatic N) is 1. The predicted octanol–water partition coefficient (Wildman–Crippen LogP) is -1.45. The third-order valence-electron chi connectivity index (χ3n) is 2.93. The largest absolute Gasteiger partial charge is 0.391 e. The first kappa shape index (κ1) is 8.44. The zero-order valence-electron chi connectivity index (χ0n) is 6.93. The van der Waals surface area contributed by atoms with Gasteiger partial charge in [0.2, 0.25) is 0 Å². The van der Waals surface area contributed by atoms with Crippen molar-refractivity contribution in [1.29, 1.82) is 0 Å². The first-order valence-corrected chi connectivity index (χ1v) is 4.48. The molecule has 0 bridgehead atoms. The molecule has 0 aromatic heterocycles. The maximum absolute atomic E-state index is 9.55. The van der Waals surface area contributed by atoms with Gasteiger partial charge in [0.05, 0.1) is 24.4 Å². The Morgan fingerprint density at radius 3 is 2.50 bits per heavy atom. The van der Waals surface area contributed by atoms with Crippen molar-refractivity contribution in [3.05, 3.63) is 0 Å². The van der Waals surface area contributed by atoms with E-state index in [1.165, 1.54) is 0 Å². The van der Waals surface area contributed by atoms with Gasteiger partial charge in [-0.1, -0.05) is 0 Å². The first-order valence-electron chi connectivity index (χ1n) is 4.48. The molecule has 4 atom stereocenters. The van der Waals surface area contributed by atoms with Crippen LogP contribution in [0.15, 0.2) is 0 Å². The maximum Gasteiger partial charge on any atom is 0.0991 e. The van der Waals surface area contributed by atoms with Gasteiger partial charge in [0.1, 0.15) is 0 Å². The summed E-state index contributed by atoms with van der Waals surface area (Å²) >= 11 is 0. The monoisotopic (exact) mass is 173 g/mol. The summed E-state index contributed by atoms with van der Waals surface area (Å²) in [5.74, 6) is 0. The van der Waals surface area contributed by atoms with Crippen LogP contribution in [0, 0.1) is 0 Å². The molecule has 2 saturated heterocycles. The highest BCUT2D eigenvalue weighted by Crippen LogP contribution is 2.27. The zero-order valence-corrected chi connectivity index (χ0v) is 6.93. The van der Waals surface area contributed by atoms with Gasteiger partial charge in [-0.3, -0.25) is 4.90 Å². The zero-order chi connectivity index (χ0) is 8.72. The summed E-state index contributed by atoms with van der Waals surface area (Å²) in [7, 11) is 0. The van der Waals surface area contributed by atoms with Crippen molar-refractivity contribution in [2.24, 2.45) is 0 Å². The Labute approximate surface area is 71.4 Å². The lowest BCUT2D eigenvalue weighted by Crippen LogP contribution is -2.48. The number of piperidine rings is 1. The van der Waals surface area contributed by atoms with E-state index in [2.05, 4.69) is 0 Å². The standard InChI is InChI=1S/C8H15NO3/c10-5-2-1-3-9-4-6(11)8(12)7(5)9/h5-8,10-12H,1-4H2/t5-,6-,7+,8-/m0/s1. The quantitative estimate of drug-likeness (QED) is 0.419. The lowest BCUT2D eigenvalue weighted by Gasteiger charge is -2.34. The van der Waals surface area contributed by atoms with Crippen LogP contribution in [-0.4, -0.2) is 57.7 Å². The summed E-state index contributed by atoms with van der Waals surface area (Å²) in [5, 5.41) is 28.4. The normalized spacial score (nSPS) is 49.2. The van der Waals surface area contributed by atoms with Crippen LogP contribution in [0.3, 0.4) is 0 Å². The van der Waals surface area contributed by atoms with E-state index in [0.717, 1.165) is 19.4 Å². The Hall–Kier alpha value is -0.160. The van der Waals surface area contributed by atoms with E-state index in [1.807, 2.05) is 4.90 Å². The molecule has 0 spiro atoms. The summed E-state index contributed by atoms with van der Waals surface area (Å²) in [4.78, 5) is 1.98. The fraction of sp³-hybridized carbons (Fsp3) is 1.00. The van der Waals surface area contributed by atoms with Crippen LogP contribution in [0.2, 0.25) is 0 Å². The number of hydrogen-bond donors (Lipinski definition) is 3. The second-order valence-electron chi connectivity index (χ2n) is 3.75. The predicted molar refractivity (Wildman–Crippen MR) is 42.6 cm³/mol. The topological polar surface area (TPSA) is 63.9 Å². The van der Waals surface area contributed by atoms with Gasteiger partial charge >= 0.3 is 0 Å². The van der Waals surface area contributed by atoms with Gasteiger partial charge in [0.25, 0.3) is 0 Å². The molecule has 0 aromatic rings. The van der Waals surface area contributed by atoms with Gasteiger partial charge in [-0.2, -0.15) is 0 Å². The SMILES string of the molecule is O[C@@H]1[C@H]2[C@@H](O)CCCN2C[C@@H]1O. The van der Waals surface area contributed by atoms with E-state index in [-0.39, 0.29) is 6.04 Å². The third kappa shape index (κ3) is 1.15. The molecule has 2 aliphatic heterocycles. The molecule has 2 fully saturated rings. The van der Waals surface area contributed by atoms with Gasteiger partial charge in [0, 0.05) is 6.54 Å².